The van der Waals surface area contributed by atoms with Crippen molar-refractivity contribution in [3.8, 4) is 0 Å². The Hall–Kier alpha value is -3.39. The zero-order chi connectivity index (χ0) is 22.8. The normalized spacial score (nSPS) is 14.6. The molecule has 0 spiro atoms. The molecule has 1 fully saturated rings. The van der Waals surface area contributed by atoms with Crippen LogP contribution in [0.25, 0.3) is 10.3 Å². The number of fused-ring (bicyclic) bond motifs is 1. The average molecular weight is 462 g/mol. The van der Waals surface area contributed by atoms with Crippen LogP contribution in [0.2, 0.25) is 0 Å². The van der Waals surface area contributed by atoms with Crippen LogP contribution in [0.1, 0.15) is 33.8 Å². The molecule has 2 aromatic carbocycles. The van der Waals surface area contributed by atoms with Crippen molar-refractivity contribution in [2.75, 3.05) is 23.7 Å². The quantitative estimate of drug-likeness (QED) is 0.419. The van der Waals surface area contributed by atoms with E-state index in [1.165, 1.54) is 23.5 Å². The number of aromatic nitrogens is 3. The Morgan fingerprint density at radius 3 is 2.45 bits per heavy atom. The van der Waals surface area contributed by atoms with E-state index in [1.807, 2.05) is 30.3 Å². The number of aryl methyl sites for hydroxylation is 2. The summed E-state index contributed by atoms with van der Waals surface area (Å²) in [5, 5.41) is 0.949. The van der Waals surface area contributed by atoms with Gasteiger partial charge in [0.05, 0.1) is 5.01 Å². The number of anilines is 2. The maximum atomic E-state index is 13.1. The molecule has 1 saturated heterocycles. The predicted molar refractivity (Wildman–Crippen MR) is 129 cm³/mol. The molecule has 6 nitrogen and oxygen atoms in total. The molecule has 0 radical (unpaired) electrons. The van der Waals surface area contributed by atoms with Gasteiger partial charge in [-0.1, -0.05) is 53.8 Å². The summed E-state index contributed by atoms with van der Waals surface area (Å²) in [6, 6.07) is 16.0. The van der Waals surface area contributed by atoms with Crippen LogP contribution in [0.15, 0.2) is 54.6 Å². The third kappa shape index (κ3) is 4.71. The molecular weight excluding hydrogens is 437 g/mol. The van der Waals surface area contributed by atoms with Crippen molar-refractivity contribution in [2.24, 2.45) is 5.92 Å². The highest BCUT2D eigenvalue weighted by molar-refractivity contribution is 7.18. The molecule has 2 aromatic heterocycles. The van der Waals surface area contributed by atoms with Crippen LogP contribution < -0.4 is 10.6 Å². The van der Waals surface area contributed by atoms with Gasteiger partial charge in [0, 0.05) is 31.0 Å². The standard InChI is InChI=1S/C25H24FN5OS/c26-19-9-6-16(7-10-19)8-11-20-28-21-23(29-25(27)30-24(21)33-20)31-14-12-18(13-15-31)22(32)17-4-2-1-3-5-17/h1-7,9-10,18H,8,11-15H2,(H2,27,29,30). The fourth-order valence-corrected chi connectivity index (χ4v) is 5.23. The van der Waals surface area contributed by atoms with E-state index in [9.17, 15) is 9.18 Å². The van der Waals surface area contributed by atoms with Crippen molar-refractivity contribution in [2.45, 2.75) is 25.7 Å². The number of rotatable bonds is 6. The lowest BCUT2D eigenvalue weighted by atomic mass is 9.89. The third-order valence-corrected chi connectivity index (χ3v) is 7.08. The lowest BCUT2D eigenvalue weighted by Gasteiger charge is -2.32. The van der Waals surface area contributed by atoms with Crippen LogP contribution in [0.5, 0.6) is 0 Å². The van der Waals surface area contributed by atoms with Crippen LogP contribution >= 0.6 is 11.3 Å². The van der Waals surface area contributed by atoms with Crippen molar-refractivity contribution < 1.29 is 9.18 Å². The molecule has 0 bridgehead atoms. The highest BCUT2D eigenvalue weighted by atomic mass is 32.1. The van der Waals surface area contributed by atoms with Gasteiger partial charge in [0.25, 0.3) is 0 Å². The van der Waals surface area contributed by atoms with Crippen molar-refractivity contribution in [1.29, 1.82) is 0 Å². The maximum Gasteiger partial charge on any atom is 0.223 e. The van der Waals surface area contributed by atoms with E-state index in [0.717, 1.165) is 71.1 Å². The summed E-state index contributed by atoms with van der Waals surface area (Å²) in [5.41, 5.74) is 8.61. The number of hydrogen-bond donors (Lipinski definition) is 1. The molecule has 1 aliphatic heterocycles. The monoisotopic (exact) mass is 461 g/mol. The van der Waals surface area contributed by atoms with E-state index in [0.29, 0.717) is 0 Å². The molecule has 4 aromatic rings. The number of Topliss-reactive ketones (excluding diaryl/α,β-unsaturated/α-hetero) is 1. The summed E-state index contributed by atoms with van der Waals surface area (Å²) in [5.74, 6) is 0.962. The number of nitrogen functional groups attached to an aromatic ring is 1. The van der Waals surface area contributed by atoms with Gasteiger partial charge < -0.3 is 10.6 Å². The van der Waals surface area contributed by atoms with E-state index >= 15 is 0 Å². The Balaban J connectivity index is 1.31. The summed E-state index contributed by atoms with van der Waals surface area (Å²) in [6.07, 6.45) is 3.03. The van der Waals surface area contributed by atoms with Crippen molar-refractivity contribution >= 4 is 39.2 Å². The van der Waals surface area contributed by atoms with E-state index < -0.39 is 0 Å². The Bertz CT molecular complexity index is 1270. The Morgan fingerprint density at radius 2 is 1.73 bits per heavy atom. The number of ketones is 1. The number of carbonyl (C=O) groups excluding carboxylic acids is 1. The van der Waals surface area contributed by atoms with Gasteiger partial charge in [-0.15, -0.1) is 0 Å². The van der Waals surface area contributed by atoms with Gasteiger partial charge in [0.15, 0.2) is 16.4 Å². The van der Waals surface area contributed by atoms with Crippen LogP contribution in [-0.4, -0.2) is 33.8 Å². The summed E-state index contributed by atoms with van der Waals surface area (Å²) in [4.78, 5) is 29.5. The van der Waals surface area contributed by atoms with E-state index in [-0.39, 0.29) is 23.5 Å². The van der Waals surface area contributed by atoms with Gasteiger partial charge in [-0.05, 0) is 37.0 Å². The van der Waals surface area contributed by atoms with Gasteiger partial charge >= 0.3 is 0 Å². The Morgan fingerprint density at radius 1 is 1.00 bits per heavy atom. The molecule has 0 unspecified atom stereocenters. The number of halogens is 1. The topological polar surface area (TPSA) is 85.0 Å². The molecule has 0 amide bonds. The van der Waals surface area contributed by atoms with Gasteiger partial charge in [-0.2, -0.15) is 4.98 Å². The molecule has 2 N–H and O–H groups in total. The van der Waals surface area contributed by atoms with Crippen LogP contribution in [-0.2, 0) is 12.8 Å². The zero-order valence-electron chi connectivity index (χ0n) is 18.1. The summed E-state index contributed by atoms with van der Waals surface area (Å²) >= 11 is 1.52. The average Bonchev–Trinajstić information content (AvgIpc) is 3.26. The number of carbonyl (C=O) groups is 1. The number of hydrogen-bond acceptors (Lipinski definition) is 7. The van der Waals surface area contributed by atoms with E-state index in [1.54, 1.807) is 12.1 Å². The lowest BCUT2D eigenvalue weighted by Crippen LogP contribution is -2.37. The highest BCUT2D eigenvalue weighted by Gasteiger charge is 2.28. The summed E-state index contributed by atoms with van der Waals surface area (Å²) in [7, 11) is 0. The molecule has 1 aliphatic rings. The Labute approximate surface area is 195 Å². The summed E-state index contributed by atoms with van der Waals surface area (Å²) in [6.45, 7) is 1.44. The van der Waals surface area contributed by atoms with Gasteiger partial charge in [0.2, 0.25) is 5.95 Å². The smallest absolute Gasteiger partial charge is 0.223 e. The van der Waals surface area contributed by atoms with E-state index in [2.05, 4.69) is 14.9 Å². The fraction of sp³-hybridized carbons (Fsp3) is 0.280. The van der Waals surface area contributed by atoms with Gasteiger partial charge in [0.1, 0.15) is 11.3 Å². The van der Waals surface area contributed by atoms with Crippen LogP contribution in [0, 0.1) is 11.7 Å². The SMILES string of the molecule is Nc1nc(N2CCC(C(=O)c3ccccc3)CC2)c2nc(CCc3ccc(F)cc3)sc2n1. The zero-order valence-corrected chi connectivity index (χ0v) is 18.9. The van der Waals surface area contributed by atoms with Crippen molar-refractivity contribution in [1.82, 2.24) is 15.0 Å². The van der Waals surface area contributed by atoms with Crippen molar-refractivity contribution in [3.63, 3.8) is 0 Å². The number of nitrogens with zero attached hydrogens (tertiary/aromatic N) is 4. The second-order valence-electron chi connectivity index (χ2n) is 8.28. The fourth-order valence-electron chi connectivity index (χ4n) is 4.29. The van der Waals surface area contributed by atoms with Gasteiger partial charge in [-0.25, -0.2) is 14.4 Å². The Kier molecular flexibility index (Phi) is 6.00. The number of thiazole rings is 1. The third-order valence-electron chi connectivity index (χ3n) is 6.07. The molecule has 168 valence electrons. The lowest BCUT2D eigenvalue weighted by molar-refractivity contribution is 0.0900. The largest absolute Gasteiger partial charge is 0.368 e. The van der Waals surface area contributed by atoms with Crippen molar-refractivity contribution in [3.05, 3.63) is 76.5 Å². The molecule has 0 atom stereocenters. The highest BCUT2D eigenvalue weighted by Crippen LogP contribution is 2.32. The number of benzene rings is 2. The minimum Gasteiger partial charge on any atom is -0.368 e. The van der Waals surface area contributed by atoms with Crippen LogP contribution in [0.4, 0.5) is 16.2 Å². The number of nitrogens with two attached hydrogens (primary N) is 1. The molecule has 0 saturated carbocycles. The minimum atomic E-state index is -0.233. The first-order valence-corrected chi connectivity index (χ1v) is 11.9. The minimum absolute atomic E-state index is 0.0139. The second-order valence-corrected chi connectivity index (χ2v) is 9.35. The molecular formula is C25H24FN5OS. The predicted octanol–water partition coefficient (Wildman–Crippen LogP) is 4.69. The second kappa shape index (κ2) is 9.23. The molecule has 0 aliphatic carbocycles. The number of piperidine rings is 1. The first kappa shape index (κ1) is 21.5. The van der Waals surface area contributed by atoms with E-state index in [4.69, 9.17) is 10.7 Å². The first-order chi connectivity index (χ1) is 16.1. The molecule has 3 heterocycles. The maximum absolute atomic E-state index is 13.1. The molecule has 5 rings (SSSR count). The van der Waals surface area contributed by atoms with Gasteiger partial charge in [-0.3, -0.25) is 4.79 Å². The van der Waals surface area contributed by atoms with Crippen LogP contribution in [0.3, 0.4) is 0 Å². The summed E-state index contributed by atoms with van der Waals surface area (Å²) < 4.78 is 13.1. The first-order valence-electron chi connectivity index (χ1n) is 11.1. The molecule has 33 heavy (non-hydrogen) atoms. The molecule has 8 heteroatoms.